The van der Waals surface area contributed by atoms with Crippen LogP contribution in [-0.4, -0.2) is 45.8 Å². The minimum absolute atomic E-state index is 0.00248. The fraction of sp³-hybridized carbons (Fsp3) is 0.500. The van der Waals surface area contributed by atoms with Gasteiger partial charge in [-0.2, -0.15) is 0 Å². The van der Waals surface area contributed by atoms with E-state index in [9.17, 15) is 14.0 Å². The number of hydrogen-bond donors (Lipinski definition) is 0. The van der Waals surface area contributed by atoms with Gasteiger partial charge in [-0.3, -0.25) is 9.59 Å². The van der Waals surface area contributed by atoms with Crippen LogP contribution in [0.3, 0.4) is 0 Å². The number of thioether (sulfide) groups is 1. The SMILES string of the molecule is CC(=O)N1CSC[C@H]1C(=O)N1CCc2cc(F)ccc2[C@@H]1C. The number of fused-ring (bicyclic) bond motifs is 1. The molecule has 3 rings (SSSR count). The summed E-state index contributed by atoms with van der Waals surface area (Å²) in [5.74, 6) is 0.937. The Morgan fingerprint density at radius 1 is 1.32 bits per heavy atom. The molecule has 2 aliphatic heterocycles. The molecular formula is C16H19FN2O2S. The van der Waals surface area contributed by atoms with E-state index in [0.717, 1.165) is 11.1 Å². The molecule has 0 bridgehead atoms. The minimum atomic E-state index is -0.369. The quantitative estimate of drug-likeness (QED) is 0.796. The highest BCUT2D eigenvalue weighted by atomic mass is 32.2. The van der Waals surface area contributed by atoms with Crippen LogP contribution in [-0.2, 0) is 16.0 Å². The molecule has 6 heteroatoms. The van der Waals surface area contributed by atoms with Gasteiger partial charge in [-0.15, -0.1) is 11.8 Å². The predicted octanol–water partition coefficient (Wildman–Crippen LogP) is 2.19. The maximum Gasteiger partial charge on any atom is 0.246 e. The summed E-state index contributed by atoms with van der Waals surface area (Å²) in [6.45, 7) is 4.04. The molecule has 2 heterocycles. The number of nitrogens with zero attached hydrogens (tertiary/aromatic N) is 2. The van der Waals surface area contributed by atoms with E-state index in [0.29, 0.717) is 24.6 Å². The summed E-state index contributed by atoms with van der Waals surface area (Å²) >= 11 is 1.61. The summed E-state index contributed by atoms with van der Waals surface area (Å²) in [5, 5.41) is 0. The third kappa shape index (κ3) is 2.60. The lowest BCUT2D eigenvalue weighted by molar-refractivity contribution is -0.144. The smallest absolute Gasteiger partial charge is 0.246 e. The molecule has 1 aromatic rings. The van der Waals surface area contributed by atoms with E-state index in [1.54, 1.807) is 28.8 Å². The van der Waals surface area contributed by atoms with Crippen molar-refractivity contribution in [1.82, 2.24) is 9.80 Å². The molecule has 0 spiro atoms. The molecule has 118 valence electrons. The van der Waals surface area contributed by atoms with Crippen molar-refractivity contribution in [2.45, 2.75) is 32.4 Å². The summed E-state index contributed by atoms with van der Waals surface area (Å²) in [4.78, 5) is 28.0. The molecule has 22 heavy (non-hydrogen) atoms. The Kier molecular flexibility index (Phi) is 4.12. The summed E-state index contributed by atoms with van der Waals surface area (Å²) in [6.07, 6.45) is 0.656. The average Bonchev–Trinajstić information content (AvgIpc) is 2.96. The van der Waals surface area contributed by atoms with Crippen LogP contribution in [0.4, 0.5) is 4.39 Å². The highest BCUT2D eigenvalue weighted by Gasteiger charge is 2.38. The van der Waals surface area contributed by atoms with E-state index < -0.39 is 0 Å². The molecule has 0 N–H and O–H groups in total. The number of rotatable bonds is 1. The van der Waals surface area contributed by atoms with Gasteiger partial charge >= 0.3 is 0 Å². The Balaban J connectivity index is 1.82. The van der Waals surface area contributed by atoms with Gasteiger partial charge in [-0.05, 0) is 36.6 Å². The fourth-order valence-electron chi connectivity index (χ4n) is 3.25. The van der Waals surface area contributed by atoms with Gasteiger partial charge < -0.3 is 9.80 Å². The molecule has 0 aromatic heterocycles. The van der Waals surface area contributed by atoms with E-state index >= 15 is 0 Å². The van der Waals surface area contributed by atoms with Gasteiger partial charge in [0.2, 0.25) is 11.8 Å². The summed E-state index contributed by atoms with van der Waals surface area (Å²) in [5.41, 5.74) is 1.97. The van der Waals surface area contributed by atoms with Crippen LogP contribution in [0, 0.1) is 5.82 Å². The van der Waals surface area contributed by atoms with Crippen LogP contribution in [0.5, 0.6) is 0 Å². The second-order valence-electron chi connectivity index (χ2n) is 5.81. The predicted molar refractivity (Wildman–Crippen MR) is 83.9 cm³/mol. The average molecular weight is 322 g/mol. The molecular weight excluding hydrogens is 303 g/mol. The molecule has 1 aromatic carbocycles. The van der Waals surface area contributed by atoms with Crippen LogP contribution in [0.15, 0.2) is 18.2 Å². The molecule has 2 atom stereocenters. The van der Waals surface area contributed by atoms with Crippen LogP contribution in [0.2, 0.25) is 0 Å². The summed E-state index contributed by atoms with van der Waals surface area (Å²) in [7, 11) is 0. The largest absolute Gasteiger partial charge is 0.334 e. The third-order valence-electron chi connectivity index (χ3n) is 4.50. The second-order valence-corrected chi connectivity index (χ2v) is 6.81. The zero-order chi connectivity index (χ0) is 15.9. The lowest BCUT2D eigenvalue weighted by Crippen LogP contribution is -2.50. The van der Waals surface area contributed by atoms with Gasteiger partial charge in [0.25, 0.3) is 0 Å². The number of amides is 2. The van der Waals surface area contributed by atoms with E-state index in [1.807, 2.05) is 11.8 Å². The van der Waals surface area contributed by atoms with Gasteiger partial charge in [0.1, 0.15) is 11.9 Å². The first-order chi connectivity index (χ1) is 10.5. The lowest BCUT2D eigenvalue weighted by atomic mass is 9.93. The maximum atomic E-state index is 13.3. The normalized spacial score (nSPS) is 24.3. The molecule has 1 saturated heterocycles. The van der Waals surface area contributed by atoms with Gasteiger partial charge in [0.05, 0.1) is 11.9 Å². The zero-order valence-electron chi connectivity index (χ0n) is 12.7. The number of benzene rings is 1. The monoisotopic (exact) mass is 322 g/mol. The van der Waals surface area contributed by atoms with Crippen molar-refractivity contribution in [3.8, 4) is 0 Å². The van der Waals surface area contributed by atoms with Crippen LogP contribution < -0.4 is 0 Å². The maximum absolute atomic E-state index is 13.3. The van der Waals surface area contributed by atoms with Gasteiger partial charge in [-0.1, -0.05) is 6.07 Å². The highest BCUT2D eigenvalue weighted by Crippen LogP contribution is 2.32. The first-order valence-corrected chi connectivity index (χ1v) is 8.58. The molecule has 4 nitrogen and oxygen atoms in total. The Labute approximate surface area is 133 Å². The van der Waals surface area contributed by atoms with Crippen LogP contribution >= 0.6 is 11.8 Å². The first-order valence-electron chi connectivity index (χ1n) is 7.43. The van der Waals surface area contributed by atoms with Gasteiger partial charge in [0.15, 0.2) is 0 Å². The second kappa shape index (κ2) is 5.91. The molecule has 0 saturated carbocycles. The molecule has 0 unspecified atom stereocenters. The number of halogens is 1. The molecule has 1 fully saturated rings. The Morgan fingerprint density at radius 2 is 2.09 bits per heavy atom. The zero-order valence-corrected chi connectivity index (χ0v) is 13.5. The van der Waals surface area contributed by atoms with Crippen LogP contribution in [0.1, 0.15) is 31.0 Å². The van der Waals surface area contributed by atoms with Crippen molar-refractivity contribution >= 4 is 23.6 Å². The topological polar surface area (TPSA) is 40.6 Å². The standard InChI is InChI=1S/C16H19FN2O2S/c1-10-14-4-3-13(17)7-12(14)5-6-18(10)16(21)15-8-22-9-19(15)11(2)20/h3-4,7,10,15H,5-6,8-9H2,1-2H3/t10-,15-/m0/s1. The lowest BCUT2D eigenvalue weighted by Gasteiger charge is -2.38. The molecule has 0 radical (unpaired) electrons. The van der Waals surface area contributed by atoms with E-state index in [2.05, 4.69) is 0 Å². The third-order valence-corrected chi connectivity index (χ3v) is 5.51. The summed E-state index contributed by atoms with van der Waals surface area (Å²) < 4.78 is 13.3. The van der Waals surface area contributed by atoms with Crippen molar-refractivity contribution in [3.05, 3.63) is 35.1 Å². The fourth-order valence-corrected chi connectivity index (χ4v) is 4.46. The molecule has 2 amide bonds. The number of carbonyl (C=O) groups excluding carboxylic acids is 2. The van der Waals surface area contributed by atoms with Crippen molar-refractivity contribution in [1.29, 1.82) is 0 Å². The highest BCUT2D eigenvalue weighted by molar-refractivity contribution is 7.99. The Bertz CT molecular complexity index is 622. The van der Waals surface area contributed by atoms with Crippen molar-refractivity contribution in [3.63, 3.8) is 0 Å². The summed E-state index contributed by atoms with van der Waals surface area (Å²) in [6, 6.07) is 4.31. The number of carbonyl (C=O) groups is 2. The van der Waals surface area contributed by atoms with Gasteiger partial charge in [-0.25, -0.2) is 4.39 Å². The van der Waals surface area contributed by atoms with Crippen molar-refractivity contribution in [2.24, 2.45) is 0 Å². The van der Waals surface area contributed by atoms with E-state index in [4.69, 9.17) is 0 Å². The van der Waals surface area contributed by atoms with E-state index in [1.165, 1.54) is 13.0 Å². The first kappa shape index (κ1) is 15.3. The van der Waals surface area contributed by atoms with Gasteiger partial charge in [0, 0.05) is 19.2 Å². The van der Waals surface area contributed by atoms with E-state index in [-0.39, 0.29) is 29.7 Å². The van der Waals surface area contributed by atoms with Crippen molar-refractivity contribution in [2.75, 3.05) is 18.2 Å². The molecule has 2 aliphatic rings. The Hall–Kier alpha value is -1.56. The minimum Gasteiger partial charge on any atom is -0.334 e. The Morgan fingerprint density at radius 3 is 2.82 bits per heavy atom. The van der Waals surface area contributed by atoms with Crippen LogP contribution in [0.25, 0.3) is 0 Å². The molecule has 0 aliphatic carbocycles. The van der Waals surface area contributed by atoms with Crippen molar-refractivity contribution < 1.29 is 14.0 Å². The number of hydrogen-bond acceptors (Lipinski definition) is 3.